The number of likely N-dealkylation sites (tertiary alicyclic amines) is 1. The Morgan fingerprint density at radius 2 is 2.09 bits per heavy atom. The van der Waals surface area contributed by atoms with E-state index in [0.717, 1.165) is 0 Å². The van der Waals surface area contributed by atoms with Crippen LogP contribution >= 0.6 is 0 Å². The molecule has 8 nitrogen and oxygen atoms in total. The smallest absolute Gasteiger partial charge is 0.249 e. The van der Waals surface area contributed by atoms with Gasteiger partial charge in [0.05, 0.1) is 0 Å². The van der Waals surface area contributed by atoms with E-state index in [1.165, 1.54) is 0 Å². The quantitative estimate of drug-likeness (QED) is 0.881. The predicted molar refractivity (Wildman–Crippen MR) is 83.2 cm³/mol. The van der Waals surface area contributed by atoms with Crippen LogP contribution < -0.4 is 5.32 Å². The molecule has 1 fully saturated rings. The number of aromatic amines is 1. The Labute approximate surface area is 133 Å². The van der Waals surface area contributed by atoms with Crippen molar-refractivity contribution < 1.29 is 9.59 Å². The van der Waals surface area contributed by atoms with E-state index in [-0.39, 0.29) is 23.7 Å². The van der Waals surface area contributed by atoms with Crippen LogP contribution in [0.5, 0.6) is 0 Å². The van der Waals surface area contributed by atoms with Crippen LogP contribution in [0.3, 0.4) is 0 Å². The number of hydrogen-bond donors (Lipinski definition) is 2. The molecule has 0 aromatic carbocycles. The minimum absolute atomic E-state index is 0.0535. The van der Waals surface area contributed by atoms with E-state index >= 15 is 0 Å². The normalized spacial score (nSPS) is 15.4. The Kier molecular flexibility index (Phi) is 4.31. The van der Waals surface area contributed by atoms with Crippen LogP contribution in [0.2, 0.25) is 0 Å². The molecule has 1 aliphatic heterocycles. The molecule has 120 valence electrons. The Hall–Kier alpha value is -2.77. The molecule has 0 bridgehead atoms. The van der Waals surface area contributed by atoms with Crippen molar-refractivity contribution in [2.75, 3.05) is 18.4 Å². The first kappa shape index (κ1) is 15.1. The summed E-state index contributed by atoms with van der Waals surface area (Å²) < 4.78 is 0. The molecule has 1 aliphatic rings. The molecule has 1 saturated heterocycles. The number of nitrogens with zero attached hydrogens (tertiary/aromatic N) is 4. The maximum Gasteiger partial charge on any atom is 0.249 e. The molecule has 2 N–H and O–H groups in total. The van der Waals surface area contributed by atoms with Gasteiger partial charge >= 0.3 is 0 Å². The molecule has 2 amide bonds. The number of rotatable bonds is 3. The third kappa shape index (κ3) is 3.53. The lowest BCUT2D eigenvalue weighted by Crippen LogP contribution is -2.40. The molecule has 0 atom stereocenters. The molecule has 3 rings (SSSR count). The van der Waals surface area contributed by atoms with Crippen molar-refractivity contribution in [3.05, 3.63) is 24.4 Å². The number of nitrogens with one attached hydrogen (secondary N) is 2. The number of carbonyl (C=O) groups excluding carboxylic acids is 2. The molecule has 0 radical (unpaired) electrons. The van der Waals surface area contributed by atoms with Gasteiger partial charge in [-0.3, -0.25) is 25.0 Å². The molecule has 0 saturated carbocycles. The molecule has 2 aromatic rings. The van der Waals surface area contributed by atoms with Crippen LogP contribution in [0.15, 0.2) is 24.4 Å². The van der Waals surface area contributed by atoms with E-state index in [4.69, 9.17) is 0 Å². The van der Waals surface area contributed by atoms with Gasteiger partial charge in [-0.05, 0) is 25.0 Å². The fourth-order valence-corrected chi connectivity index (χ4v) is 2.60. The summed E-state index contributed by atoms with van der Waals surface area (Å²) in [5, 5.41) is 9.48. The van der Waals surface area contributed by atoms with Crippen molar-refractivity contribution in [1.29, 1.82) is 0 Å². The largest absolute Gasteiger partial charge is 0.343 e. The molecular weight excluding hydrogens is 296 g/mol. The SMILES string of the molecule is CC(=O)N1CCC(C(=O)Nc2n[nH]c(-c3ccccn3)n2)CC1. The Bertz CT molecular complexity index is 691. The number of pyridine rings is 1. The van der Waals surface area contributed by atoms with E-state index in [9.17, 15) is 9.59 Å². The highest BCUT2D eigenvalue weighted by molar-refractivity contribution is 5.91. The molecular formula is C15H18N6O2. The van der Waals surface area contributed by atoms with E-state index < -0.39 is 0 Å². The van der Waals surface area contributed by atoms with Gasteiger partial charge < -0.3 is 4.90 Å². The highest BCUT2D eigenvalue weighted by Crippen LogP contribution is 2.19. The van der Waals surface area contributed by atoms with Crippen LogP contribution in [0.25, 0.3) is 11.5 Å². The molecule has 0 aliphatic carbocycles. The van der Waals surface area contributed by atoms with Gasteiger partial charge in [0.25, 0.3) is 0 Å². The van der Waals surface area contributed by atoms with Crippen molar-refractivity contribution in [3.63, 3.8) is 0 Å². The van der Waals surface area contributed by atoms with Gasteiger partial charge in [0.2, 0.25) is 17.8 Å². The highest BCUT2D eigenvalue weighted by Gasteiger charge is 2.26. The fraction of sp³-hybridized carbons (Fsp3) is 0.400. The monoisotopic (exact) mass is 314 g/mol. The first-order chi connectivity index (χ1) is 11.1. The van der Waals surface area contributed by atoms with Crippen LogP contribution in [0.1, 0.15) is 19.8 Å². The molecule has 3 heterocycles. The van der Waals surface area contributed by atoms with Crippen molar-refractivity contribution in [3.8, 4) is 11.5 Å². The van der Waals surface area contributed by atoms with E-state index in [0.29, 0.717) is 37.4 Å². The highest BCUT2D eigenvalue weighted by atomic mass is 16.2. The average molecular weight is 314 g/mol. The minimum Gasteiger partial charge on any atom is -0.343 e. The van der Waals surface area contributed by atoms with Gasteiger partial charge in [-0.25, -0.2) is 0 Å². The number of amides is 2. The molecule has 0 unspecified atom stereocenters. The van der Waals surface area contributed by atoms with Crippen molar-refractivity contribution in [1.82, 2.24) is 25.1 Å². The standard InChI is InChI=1S/C15H18N6O2/c1-10(22)21-8-5-11(6-9-21)14(23)18-15-17-13(19-20-15)12-4-2-3-7-16-12/h2-4,7,11H,5-6,8-9H2,1H3,(H2,17,18,19,20,23). The second kappa shape index (κ2) is 6.55. The number of piperidine rings is 1. The average Bonchev–Trinajstić information content (AvgIpc) is 3.04. The van der Waals surface area contributed by atoms with Gasteiger partial charge in [-0.15, -0.1) is 5.10 Å². The Morgan fingerprint density at radius 1 is 1.30 bits per heavy atom. The van der Waals surface area contributed by atoms with Crippen LogP contribution in [0, 0.1) is 5.92 Å². The van der Waals surface area contributed by atoms with Gasteiger partial charge in [0, 0.05) is 32.1 Å². The Balaban J connectivity index is 1.59. The lowest BCUT2D eigenvalue weighted by Gasteiger charge is -2.30. The first-order valence-electron chi connectivity index (χ1n) is 7.53. The zero-order valence-corrected chi connectivity index (χ0v) is 12.8. The van der Waals surface area contributed by atoms with Crippen molar-refractivity contribution in [2.45, 2.75) is 19.8 Å². The van der Waals surface area contributed by atoms with Gasteiger partial charge in [0.15, 0.2) is 5.82 Å². The molecule has 23 heavy (non-hydrogen) atoms. The van der Waals surface area contributed by atoms with Crippen LogP contribution in [-0.2, 0) is 9.59 Å². The summed E-state index contributed by atoms with van der Waals surface area (Å²) in [5.41, 5.74) is 0.662. The summed E-state index contributed by atoms with van der Waals surface area (Å²) in [7, 11) is 0. The predicted octanol–water partition coefficient (Wildman–Crippen LogP) is 1.06. The fourth-order valence-electron chi connectivity index (χ4n) is 2.60. The number of carbonyl (C=O) groups is 2. The van der Waals surface area contributed by atoms with E-state index in [1.54, 1.807) is 18.0 Å². The third-order valence-electron chi connectivity index (χ3n) is 3.94. The summed E-state index contributed by atoms with van der Waals surface area (Å²) in [5.74, 6) is 0.567. The maximum atomic E-state index is 12.3. The number of anilines is 1. The van der Waals surface area contributed by atoms with Crippen molar-refractivity contribution in [2.24, 2.45) is 5.92 Å². The van der Waals surface area contributed by atoms with Crippen molar-refractivity contribution >= 4 is 17.8 Å². The molecule has 8 heteroatoms. The topological polar surface area (TPSA) is 104 Å². The summed E-state index contributed by atoms with van der Waals surface area (Å²) in [6.07, 6.45) is 2.98. The Morgan fingerprint density at radius 3 is 2.74 bits per heavy atom. The van der Waals surface area contributed by atoms with Crippen LogP contribution in [0.4, 0.5) is 5.95 Å². The molecule has 0 spiro atoms. The van der Waals surface area contributed by atoms with E-state index in [2.05, 4.69) is 25.5 Å². The second-order valence-electron chi connectivity index (χ2n) is 5.49. The minimum atomic E-state index is -0.123. The third-order valence-corrected chi connectivity index (χ3v) is 3.94. The van der Waals surface area contributed by atoms with Crippen LogP contribution in [-0.4, -0.2) is 50.0 Å². The number of hydrogen-bond acceptors (Lipinski definition) is 5. The maximum absolute atomic E-state index is 12.3. The number of H-pyrrole nitrogens is 1. The summed E-state index contributed by atoms with van der Waals surface area (Å²) in [6.45, 7) is 2.77. The first-order valence-corrected chi connectivity index (χ1v) is 7.53. The zero-order valence-electron chi connectivity index (χ0n) is 12.8. The summed E-state index contributed by atoms with van der Waals surface area (Å²) in [6, 6.07) is 5.48. The van der Waals surface area contributed by atoms with E-state index in [1.807, 2.05) is 18.2 Å². The molecule has 2 aromatic heterocycles. The lowest BCUT2D eigenvalue weighted by molar-refractivity contribution is -0.132. The number of aromatic nitrogens is 4. The summed E-state index contributed by atoms with van der Waals surface area (Å²) in [4.78, 5) is 33.7. The van der Waals surface area contributed by atoms with Gasteiger partial charge in [-0.2, -0.15) is 4.98 Å². The zero-order chi connectivity index (χ0) is 16.2. The second-order valence-corrected chi connectivity index (χ2v) is 5.49. The van der Waals surface area contributed by atoms with Gasteiger partial charge in [-0.1, -0.05) is 6.07 Å². The lowest BCUT2D eigenvalue weighted by atomic mass is 9.96. The summed E-state index contributed by atoms with van der Waals surface area (Å²) >= 11 is 0. The van der Waals surface area contributed by atoms with Gasteiger partial charge in [0.1, 0.15) is 5.69 Å².